The molecule has 0 radical (unpaired) electrons. The molecule has 18 heteroatoms. The smallest absolute Gasteiger partial charge is 0.417 e. The zero-order valence-corrected chi connectivity index (χ0v) is 37.5. The highest BCUT2D eigenvalue weighted by Gasteiger charge is 2.49. The lowest BCUT2D eigenvalue weighted by atomic mass is 9.95. The van der Waals surface area contributed by atoms with E-state index in [1.54, 1.807) is 65.7 Å². The fourth-order valence-electron chi connectivity index (χ4n) is 9.67. The summed E-state index contributed by atoms with van der Waals surface area (Å²) in [6, 6.07) is 18.4. The van der Waals surface area contributed by atoms with Gasteiger partial charge in [0.25, 0.3) is 0 Å². The molecule has 0 unspecified atom stereocenters. The molecule has 9 rings (SSSR count). The van der Waals surface area contributed by atoms with Crippen LogP contribution in [0.5, 0.6) is 23.4 Å². The number of fused-ring (bicyclic) bond motifs is 1. The average molecular weight is 931 g/mol. The minimum Gasteiger partial charge on any atom is -0.497 e. The molecule has 3 aliphatic rings. The standard InChI is InChI=1S/C48H48ClF5N8O4/c1-27-38(48(52,53)54)35(21-36(40(27)51)60(23-29-8-12-32(63-3)13-9-29)24-30-10-14-33(64-4)15-11-30)41-39(49)42-37-44(59-46(58-42)66-26-47-16-6-18-61(47)25-31(50)22-47)62(19-20-65-45(37)57-41)28(2)34-7-5-17-56-43(34)55/h5,7-15,17,21,28,31H,6,16,18-20,22-26H2,1-4H3,(H2,55,56)/t28-,31-,47+/m1/s1. The van der Waals surface area contributed by atoms with Crippen LogP contribution in [0.1, 0.15) is 60.0 Å². The minimum absolute atomic E-state index is 0.00420. The number of halogens is 6. The third-order valence-corrected chi connectivity index (χ3v) is 13.4. The van der Waals surface area contributed by atoms with E-state index in [2.05, 4.69) is 9.88 Å². The van der Waals surface area contributed by atoms with Gasteiger partial charge in [-0.25, -0.2) is 18.7 Å². The number of aromatic nitrogens is 4. The van der Waals surface area contributed by atoms with Gasteiger partial charge in [0.1, 0.15) is 59.2 Å². The average Bonchev–Trinajstić information content (AvgIpc) is 3.77. The quantitative estimate of drug-likeness (QED) is 0.111. The fourth-order valence-corrected chi connectivity index (χ4v) is 9.95. The van der Waals surface area contributed by atoms with Crippen molar-refractivity contribution in [3.8, 4) is 34.6 Å². The maximum atomic E-state index is 16.9. The van der Waals surface area contributed by atoms with E-state index >= 15 is 17.6 Å². The molecule has 6 aromatic rings. The van der Waals surface area contributed by atoms with Crippen LogP contribution in [0.4, 0.5) is 39.3 Å². The summed E-state index contributed by atoms with van der Waals surface area (Å²) >= 11 is 7.32. The summed E-state index contributed by atoms with van der Waals surface area (Å²) in [4.78, 5) is 24.3. The van der Waals surface area contributed by atoms with Gasteiger partial charge in [-0.3, -0.25) is 4.90 Å². The van der Waals surface area contributed by atoms with E-state index in [-0.39, 0.29) is 84.3 Å². The number of ether oxygens (including phenoxy) is 4. The molecule has 3 aromatic heterocycles. The van der Waals surface area contributed by atoms with Crippen LogP contribution in [-0.2, 0) is 19.3 Å². The topological polar surface area (TPSA) is 124 Å². The highest BCUT2D eigenvalue weighted by Crippen LogP contribution is 2.49. The molecule has 346 valence electrons. The second-order valence-corrected chi connectivity index (χ2v) is 17.4. The summed E-state index contributed by atoms with van der Waals surface area (Å²) < 4.78 is 102. The van der Waals surface area contributed by atoms with Gasteiger partial charge in [0.2, 0.25) is 5.88 Å². The number of nitrogen functional groups attached to an aromatic ring is 1. The van der Waals surface area contributed by atoms with Crippen molar-refractivity contribution in [2.75, 3.05) is 62.6 Å². The van der Waals surface area contributed by atoms with Crippen LogP contribution in [0.25, 0.3) is 22.2 Å². The minimum atomic E-state index is -5.06. The number of rotatable bonds is 13. The highest BCUT2D eigenvalue weighted by molar-refractivity contribution is 6.38. The molecule has 2 N–H and O–H groups in total. The maximum Gasteiger partial charge on any atom is 0.417 e. The Hall–Kier alpha value is -6.20. The predicted octanol–water partition coefficient (Wildman–Crippen LogP) is 9.93. The zero-order chi connectivity index (χ0) is 46.5. The molecule has 3 atom stereocenters. The molecule has 0 amide bonds. The Morgan fingerprint density at radius 3 is 2.30 bits per heavy atom. The first-order valence-electron chi connectivity index (χ1n) is 21.6. The lowest BCUT2D eigenvalue weighted by Crippen LogP contribution is -2.43. The van der Waals surface area contributed by atoms with Crippen LogP contribution in [0.15, 0.2) is 72.9 Å². The molecule has 2 saturated heterocycles. The Kier molecular flexibility index (Phi) is 12.2. The van der Waals surface area contributed by atoms with Crippen molar-refractivity contribution < 1.29 is 40.9 Å². The van der Waals surface area contributed by atoms with Gasteiger partial charge in [-0.1, -0.05) is 41.9 Å². The van der Waals surface area contributed by atoms with Gasteiger partial charge < -0.3 is 34.5 Å². The van der Waals surface area contributed by atoms with Gasteiger partial charge in [-0.15, -0.1) is 0 Å². The van der Waals surface area contributed by atoms with Crippen molar-refractivity contribution in [1.82, 2.24) is 24.8 Å². The van der Waals surface area contributed by atoms with Gasteiger partial charge in [0, 0.05) is 43.4 Å². The first-order chi connectivity index (χ1) is 31.7. The van der Waals surface area contributed by atoms with Gasteiger partial charge in [-0.2, -0.15) is 23.1 Å². The molecule has 0 saturated carbocycles. The van der Waals surface area contributed by atoms with Crippen molar-refractivity contribution in [2.45, 2.75) is 70.1 Å². The molecule has 0 spiro atoms. The molecular weight excluding hydrogens is 883 g/mol. The first-order valence-corrected chi connectivity index (χ1v) is 22.0. The molecule has 66 heavy (non-hydrogen) atoms. The molecule has 3 aromatic carbocycles. The van der Waals surface area contributed by atoms with Crippen molar-refractivity contribution >= 4 is 39.8 Å². The lowest BCUT2D eigenvalue weighted by Gasteiger charge is -2.32. The molecule has 0 bridgehead atoms. The van der Waals surface area contributed by atoms with Gasteiger partial charge >= 0.3 is 12.2 Å². The lowest BCUT2D eigenvalue weighted by molar-refractivity contribution is -0.137. The summed E-state index contributed by atoms with van der Waals surface area (Å²) in [6.45, 7) is 4.54. The van der Waals surface area contributed by atoms with Crippen LogP contribution in [0.2, 0.25) is 5.02 Å². The monoisotopic (exact) mass is 930 g/mol. The van der Waals surface area contributed by atoms with E-state index in [0.29, 0.717) is 35.8 Å². The van der Waals surface area contributed by atoms with Gasteiger partial charge in [0.05, 0.1) is 54.3 Å². The van der Waals surface area contributed by atoms with Crippen molar-refractivity contribution in [2.24, 2.45) is 0 Å². The Morgan fingerprint density at radius 2 is 1.67 bits per heavy atom. The van der Waals surface area contributed by atoms with Gasteiger partial charge in [-0.05, 0) is 86.3 Å². The first kappa shape index (κ1) is 45.0. The third kappa shape index (κ3) is 8.42. The number of hydrogen-bond acceptors (Lipinski definition) is 12. The maximum absolute atomic E-state index is 16.9. The largest absolute Gasteiger partial charge is 0.497 e. The number of nitrogens with zero attached hydrogens (tertiary/aromatic N) is 7. The van der Waals surface area contributed by atoms with Gasteiger partial charge in [0.15, 0.2) is 0 Å². The van der Waals surface area contributed by atoms with E-state index in [0.717, 1.165) is 37.1 Å². The highest BCUT2D eigenvalue weighted by atomic mass is 35.5. The molecular formula is C48H48ClF5N8O4. The molecule has 3 aliphatic heterocycles. The molecule has 2 fully saturated rings. The SMILES string of the molecule is COc1ccc(CN(Cc2ccc(OC)cc2)c2cc(-c3nc4c5c(nc(OC[C@@]67CCCN6C[C@H](F)C7)nc5c3Cl)N([C@H](C)c3cccnc3N)CCO4)c(C(F)(F)F)c(C)c2F)cc1. The van der Waals surface area contributed by atoms with Crippen LogP contribution in [-0.4, -0.2) is 83.6 Å². The number of nitrogens with two attached hydrogens (primary N) is 1. The Balaban J connectivity index is 1.23. The van der Waals surface area contributed by atoms with E-state index in [9.17, 15) is 4.39 Å². The van der Waals surface area contributed by atoms with E-state index < -0.39 is 46.4 Å². The second-order valence-electron chi connectivity index (χ2n) is 17.0. The van der Waals surface area contributed by atoms with Crippen LogP contribution < -0.4 is 34.5 Å². The molecule has 6 heterocycles. The number of pyridine rings is 2. The zero-order valence-electron chi connectivity index (χ0n) is 36.8. The molecule has 0 aliphatic carbocycles. The van der Waals surface area contributed by atoms with Crippen LogP contribution >= 0.6 is 11.6 Å². The van der Waals surface area contributed by atoms with Crippen molar-refractivity contribution in [3.63, 3.8) is 0 Å². The summed E-state index contributed by atoms with van der Waals surface area (Å²) in [5.74, 6) is 0.630. The van der Waals surface area contributed by atoms with Crippen LogP contribution in [0, 0.1) is 12.7 Å². The number of alkyl halides is 4. The Morgan fingerprint density at radius 1 is 0.985 bits per heavy atom. The predicted molar refractivity (Wildman–Crippen MR) is 242 cm³/mol. The van der Waals surface area contributed by atoms with Crippen molar-refractivity contribution in [3.05, 3.63) is 112 Å². The fraction of sp³-hybridized carbons (Fsp3) is 0.375. The summed E-state index contributed by atoms with van der Waals surface area (Å²) in [7, 11) is 3.08. The number of anilines is 3. The number of benzene rings is 3. The number of methoxy groups -OCH3 is 2. The summed E-state index contributed by atoms with van der Waals surface area (Å²) in [5, 5.41) is -0.0487. The van der Waals surface area contributed by atoms with Crippen LogP contribution in [0.3, 0.4) is 0 Å². The van der Waals surface area contributed by atoms with Crippen molar-refractivity contribution in [1.29, 1.82) is 0 Å². The van der Waals surface area contributed by atoms with E-state index in [1.165, 1.54) is 14.2 Å². The van der Waals surface area contributed by atoms with E-state index in [4.69, 9.17) is 51.2 Å². The summed E-state index contributed by atoms with van der Waals surface area (Å²) in [5.41, 5.74) is 5.08. The number of hydrogen-bond donors (Lipinski definition) is 1. The second kappa shape index (κ2) is 17.9. The Bertz CT molecular complexity index is 2720. The molecule has 12 nitrogen and oxygen atoms in total. The normalized spacial score (nSPS) is 18.8. The summed E-state index contributed by atoms with van der Waals surface area (Å²) in [6.07, 6.45) is -2.63. The van der Waals surface area contributed by atoms with E-state index in [1.807, 2.05) is 17.9 Å². The third-order valence-electron chi connectivity index (χ3n) is 13.0. The Labute approximate surface area is 383 Å².